The largest absolute Gasteiger partial charge is 0.481 e. The van der Waals surface area contributed by atoms with Gasteiger partial charge in [0.1, 0.15) is 0 Å². The van der Waals surface area contributed by atoms with E-state index in [1.54, 1.807) is 0 Å². The molecule has 10 heavy (non-hydrogen) atoms. The van der Waals surface area contributed by atoms with E-state index < -0.39 is 18.0 Å². The topological polar surface area (TPSA) is 77.8 Å². The molecule has 2 unspecified atom stereocenters. The first-order valence-electron chi connectivity index (χ1n) is 3.09. The lowest BCUT2D eigenvalue weighted by atomic mass is 10.1. The van der Waals surface area contributed by atoms with E-state index in [1.807, 2.05) is 0 Å². The number of hydrogen-bond donors (Lipinski definition) is 3. The second-order valence-electron chi connectivity index (χ2n) is 2.31. The summed E-state index contributed by atoms with van der Waals surface area (Å²) in [7, 11) is 0. The zero-order chi connectivity index (χ0) is 8.15. The van der Waals surface area contributed by atoms with Gasteiger partial charge in [-0.05, 0) is 6.42 Å². The van der Waals surface area contributed by atoms with Gasteiger partial charge in [0.15, 0.2) is 0 Å². The van der Waals surface area contributed by atoms with Gasteiger partial charge >= 0.3 is 5.97 Å². The smallest absolute Gasteiger partial charge is 0.306 e. The Balaban J connectivity index is 3.56. The molecule has 4 heteroatoms. The highest BCUT2D eigenvalue weighted by Gasteiger charge is 2.14. The normalized spacial score (nSPS) is 16.3. The number of aliphatic hydroxyl groups is 2. The summed E-state index contributed by atoms with van der Waals surface area (Å²) >= 11 is 0. The molecule has 60 valence electrons. The fraction of sp³-hybridized carbons (Fsp3) is 0.833. The minimum absolute atomic E-state index is 0.103. The van der Waals surface area contributed by atoms with E-state index in [1.165, 1.54) is 6.92 Å². The van der Waals surface area contributed by atoms with Crippen LogP contribution in [0.2, 0.25) is 0 Å². The zero-order valence-corrected chi connectivity index (χ0v) is 5.82. The lowest BCUT2D eigenvalue weighted by molar-refractivity contribution is -0.142. The van der Waals surface area contributed by atoms with Crippen LogP contribution in [0.15, 0.2) is 0 Å². The summed E-state index contributed by atoms with van der Waals surface area (Å²) in [5, 5.41) is 25.4. The van der Waals surface area contributed by atoms with Gasteiger partial charge < -0.3 is 15.3 Å². The lowest BCUT2D eigenvalue weighted by Gasteiger charge is -2.09. The van der Waals surface area contributed by atoms with Crippen molar-refractivity contribution in [3.63, 3.8) is 0 Å². The van der Waals surface area contributed by atoms with Crippen molar-refractivity contribution >= 4 is 5.97 Å². The van der Waals surface area contributed by atoms with Gasteiger partial charge in [0.05, 0.1) is 18.6 Å². The van der Waals surface area contributed by atoms with E-state index >= 15 is 0 Å². The van der Waals surface area contributed by atoms with Crippen molar-refractivity contribution in [1.29, 1.82) is 0 Å². The molecule has 0 aromatic carbocycles. The number of carboxylic acids is 1. The molecule has 0 heterocycles. The predicted molar refractivity (Wildman–Crippen MR) is 34.5 cm³/mol. The maximum absolute atomic E-state index is 10.2. The Hall–Kier alpha value is -0.610. The first kappa shape index (κ1) is 9.39. The first-order valence-corrected chi connectivity index (χ1v) is 3.09. The standard InChI is InChI=1S/C6H12O4/c1-4(6(9)10)2-5(8)3-7/h4-5,7-8H,2-3H2,1H3,(H,9,10). The van der Waals surface area contributed by atoms with Crippen molar-refractivity contribution in [3.05, 3.63) is 0 Å². The van der Waals surface area contributed by atoms with Crippen LogP contribution in [0.3, 0.4) is 0 Å². The maximum atomic E-state index is 10.2. The Morgan fingerprint density at radius 2 is 2.10 bits per heavy atom. The molecule has 0 aliphatic carbocycles. The molecule has 3 N–H and O–H groups in total. The molecule has 0 aliphatic rings. The molecular weight excluding hydrogens is 136 g/mol. The molecular formula is C6H12O4. The fourth-order valence-electron chi connectivity index (χ4n) is 0.583. The van der Waals surface area contributed by atoms with Crippen molar-refractivity contribution in [2.75, 3.05) is 6.61 Å². The third-order valence-electron chi connectivity index (χ3n) is 1.26. The molecule has 0 aromatic rings. The van der Waals surface area contributed by atoms with Crippen LogP contribution in [0.1, 0.15) is 13.3 Å². The summed E-state index contributed by atoms with van der Waals surface area (Å²) in [5.74, 6) is -1.55. The number of rotatable bonds is 4. The minimum Gasteiger partial charge on any atom is -0.481 e. The Kier molecular flexibility index (Phi) is 3.99. The number of hydrogen-bond acceptors (Lipinski definition) is 3. The van der Waals surface area contributed by atoms with Gasteiger partial charge in [-0.1, -0.05) is 6.92 Å². The number of aliphatic carboxylic acids is 1. The minimum atomic E-state index is -0.951. The van der Waals surface area contributed by atoms with Crippen LogP contribution in [0, 0.1) is 5.92 Å². The molecule has 0 fully saturated rings. The van der Waals surface area contributed by atoms with E-state index in [0.29, 0.717) is 0 Å². The number of aliphatic hydroxyl groups excluding tert-OH is 2. The second-order valence-corrected chi connectivity index (χ2v) is 2.31. The van der Waals surface area contributed by atoms with Gasteiger partial charge in [0.25, 0.3) is 0 Å². The van der Waals surface area contributed by atoms with Gasteiger partial charge in [-0.25, -0.2) is 0 Å². The molecule has 0 amide bonds. The Bertz CT molecular complexity index is 112. The third kappa shape index (κ3) is 3.42. The molecule has 0 saturated heterocycles. The van der Waals surface area contributed by atoms with Crippen LogP contribution in [-0.2, 0) is 4.79 Å². The molecule has 0 radical (unpaired) electrons. The highest BCUT2D eigenvalue weighted by molar-refractivity contribution is 5.69. The Morgan fingerprint density at radius 1 is 1.60 bits per heavy atom. The van der Waals surface area contributed by atoms with Crippen molar-refractivity contribution < 1.29 is 20.1 Å². The summed E-state index contributed by atoms with van der Waals surface area (Å²) in [4.78, 5) is 10.2. The fourth-order valence-corrected chi connectivity index (χ4v) is 0.583. The van der Waals surface area contributed by atoms with Crippen molar-refractivity contribution in [1.82, 2.24) is 0 Å². The van der Waals surface area contributed by atoms with Gasteiger partial charge in [-0.2, -0.15) is 0 Å². The molecule has 0 saturated carbocycles. The van der Waals surface area contributed by atoms with Crippen molar-refractivity contribution in [2.45, 2.75) is 19.4 Å². The Labute approximate surface area is 59.1 Å². The first-order chi connectivity index (χ1) is 4.57. The quantitative estimate of drug-likeness (QED) is 0.500. The van der Waals surface area contributed by atoms with E-state index in [0.717, 1.165) is 0 Å². The van der Waals surface area contributed by atoms with E-state index in [-0.39, 0.29) is 13.0 Å². The molecule has 0 bridgehead atoms. The SMILES string of the molecule is CC(CC(O)CO)C(=O)O. The molecule has 0 aromatic heterocycles. The lowest BCUT2D eigenvalue weighted by Crippen LogP contribution is -2.20. The van der Waals surface area contributed by atoms with Gasteiger partial charge in [0.2, 0.25) is 0 Å². The zero-order valence-electron chi connectivity index (χ0n) is 5.82. The van der Waals surface area contributed by atoms with E-state index in [4.69, 9.17) is 15.3 Å². The second kappa shape index (κ2) is 4.24. The van der Waals surface area contributed by atoms with Crippen molar-refractivity contribution in [2.24, 2.45) is 5.92 Å². The third-order valence-corrected chi connectivity index (χ3v) is 1.26. The molecule has 0 rings (SSSR count). The number of carbonyl (C=O) groups is 1. The van der Waals surface area contributed by atoms with Crippen LogP contribution < -0.4 is 0 Å². The van der Waals surface area contributed by atoms with Crippen LogP contribution >= 0.6 is 0 Å². The van der Waals surface area contributed by atoms with Crippen LogP contribution in [0.4, 0.5) is 0 Å². The highest BCUT2D eigenvalue weighted by Crippen LogP contribution is 2.04. The molecule has 0 aliphatic heterocycles. The van der Waals surface area contributed by atoms with Crippen LogP contribution in [0.5, 0.6) is 0 Å². The molecule has 4 nitrogen and oxygen atoms in total. The summed E-state index contributed by atoms with van der Waals surface area (Å²) < 4.78 is 0. The highest BCUT2D eigenvalue weighted by atomic mass is 16.4. The van der Waals surface area contributed by atoms with Gasteiger partial charge in [-0.3, -0.25) is 4.79 Å². The summed E-state index contributed by atoms with van der Waals surface area (Å²) in [6, 6.07) is 0. The summed E-state index contributed by atoms with van der Waals surface area (Å²) in [6.07, 6.45) is -0.808. The maximum Gasteiger partial charge on any atom is 0.306 e. The summed E-state index contributed by atoms with van der Waals surface area (Å²) in [5.41, 5.74) is 0. The average molecular weight is 148 g/mol. The monoisotopic (exact) mass is 148 g/mol. The van der Waals surface area contributed by atoms with Crippen LogP contribution in [-0.4, -0.2) is 34.0 Å². The number of carboxylic acid groups (broad SMARTS) is 1. The van der Waals surface area contributed by atoms with Gasteiger partial charge in [0, 0.05) is 0 Å². The molecule has 0 spiro atoms. The van der Waals surface area contributed by atoms with Crippen molar-refractivity contribution in [3.8, 4) is 0 Å². The van der Waals surface area contributed by atoms with Gasteiger partial charge in [-0.15, -0.1) is 0 Å². The Morgan fingerprint density at radius 3 is 2.40 bits per heavy atom. The van der Waals surface area contributed by atoms with E-state index in [9.17, 15) is 4.79 Å². The summed E-state index contributed by atoms with van der Waals surface area (Å²) in [6.45, 7) is 1.11. The molecule has 2 atom stereocenters. The van der Waals surface area contributed by atoms with Crippen LogP contribution in [0.25, 0.3) is 0 Å². The predicted octanol–water partition coefficient (Wildman–Crippen LogP) is -0.550. The van der Waals surface area contributed by atoms with E-state index in [2.05, 4.69) is 0 Å². The average Bonchev–Trinajstić information content (AvgIpc) is 1.87.